The molecule has 2 aromatic rings. The van der Waals surface area contributed by atoms with Crippen LogP contribution in [0.2, 0.25) is 5.02 Å². The second-order valence-electron chi connectivity index (χ2n) is 6.23. The van der Waals surface area contributed by atoms with Crippen LogP contribution in [-0.4, -0.2) is 51.8 Å². The van der Waals surface area contributed by atoms with Crippen LogP contribution in [0.5, 0.6) is 17.2 Å². The highest BCUT2D eigenvalue weighted by atomic mass is 35.5. The van der Waals surface area contributed by atoms with E-state index in [2.05, 4.69) is 10.6 Å². The van der Waals surface area contributed by atoms with E-state index in [1.807, 2.05) is 0 Å². The van der Waals surface area contributed by atoms with E-state index in [1.165, 1.54) is 40.4 Å². The summed E-state index contributed by atoms with van der Waals surface area (Å²) in [5.41, 5.74) is 0.658. The quantitative estimate of drug-likeness (QED) is 0.565. The first kappa shape index (κ1) is 23.8. The summed E-state index contributed by atoms with van der Waals surface area (Å²) in [6, 6.07) is 9.44. The molecule has 2 amide bonds. The Bertz CT molecular complexity index is 939. The summed E-state index contributed by atoms with van der Waals surface area (Å²) in [6.07, 6.45) is -1.08. The molecular weight excluding hydrogens is 428 g/mol. The molecule has 0 heterocycles. The van der Waals surface area contributed by atoms with Gasteiger partial charge in [0.05, 0.1) is 21.3 Å². The van der Waals surface area contributed by atoms with Crippen molar-refractivity contribution in [1.29, 1.82) is 0 Å². The van der Waals surface area contributed by atoms with Crippen LogP contribution in [0.25, 0.3) is 0 Å². The minimum absolute atomic E-state index is 0.189. The predicted octanol–water partition coefficient (Wildman–Crippen LogP) is 2.67. The Labute approximate surface area is 184 Å². The third kappa shape index (κ3) is 6.51. The van der Waals surface area contributed by atoms with Gasteiger partial charge < -0.3 is 29.6 Å². The van der Waals surface area contributed by atoms with Crippen LogP contribution in [0.3, 0.4) is 0 Å². The molecule has 0 saturated carbocycles. The Hall–Kier alpha value is -3.46. The summed E-state index contributed by atoms with van der Waals surface area (Å²) < 4.78 is 20.7. The average molecular weight is 451 g/mol. The lowest BCUT2D eigenvalue weighted by molar-refractivity contribution is -0.152. The summed E-state index contributed by atoms with van der Waals surface area (Å²) in [6.45, 7) is 0.975. The Morgan fingerprint density at radius 1 is 1.00 bits per heavy atom. The van der Waals surface area contributed by atoms with E-state index < -0.39 is 30.4 Å². The zero-order valence-electron chi connectivity index (χ0n) is 17.5. The molecule has 0 aliphatic rings. The van der Waals surface area contributed by atoms with Crippen molar-refractivity contribution in [3.63, 3.8) is 0 Å². The molecule has 0 saturated heterocycles. The van der Waals surface area contributed by atoms with Crippen molar-refractivity contribution in [3.8, 4) is 17.2 Å². The molecule has 0 aromatic heterocycles. The number of ether oxygens (including phenoxy) is 4. The van der Waals surface area contributed by atoms with E-state index in [0.29, 0.717) is 28.0 Å². The monoisotopic (exact) mass is 450 g/mol. The normalized spacial score (nSPS) is 11.1. The molecule has 9 nitrogen and oxygen atoms in total. The number of amides is 2. The van der Waals surface area contributed by atoms with Crippen LogP contribution in [0.4, 0.5) is 5.69 Å². The molecule has 2 rings (SSSR count). The number of hydrogen-bond acceptors (Lipinski definition) is 7. The van der Waals surface area contributed by atoms with E-state index in [9.17, 15) is 14.4 Å². The third-order valence-electron chi connectivity index (χ3n) is 4.09. The van der Waals surface area contributed by atoms with Gasteiger partial charge in [0.1, 0.15) is 6.54 Å². The van der Waals surface area contributed by atoms with Crippen LogP contribution in [-0.2, 0) is 14.3 Å². The lowest BCUT2D eigenvalue weighted by Crippen LogP contribution is -2.35. The van der Waals surface area contributed by atoms with Gasteiger partial charge in [0.2, 0.25) is 5.75 Å². The fourth-order valence-corrected chi connectivity index (χ4v) is 2.76. The van der Waals surface area contributed by atoms with Crippen molar-refractivity contribution >= 4 is 35.1 Å². The number of halogens is 1. The highest BCUT2D eigenvalue weighted by molar-refractivity contribution is 6.30. The maximum atomic E-state index is 12.4. The fraction of sp³-hybridized carbons (Fsp3) is 0.286. The predicted molar refractivity (Wildman–Crippen MR) is 114 cm³/mol. The SMILES string of the molecule is COc1cc(C(=O)NCC(=O)OC(C)C(=O)Nc2cccc(Cl)c2)cc(OC)c1OC. The number of carbonyl (C=O) groups is 3. The van der Waals surface area contributed by atoms with Gasteiger partial charge in [0.25, 0.3) is 11.8 Å². The van der Waals surface area contributed by atoms with Gasteiger partial charge >= 0.3 is 5.97 Å². The van der Waals surface area contributed by atoms with Crippen LogP contribution in [0, 0.1) is 0 Å². The smallest absolute Gasteiger partial charge is 0.326 e. The Morgan fingerprint density at radius 3 is 2.19 bits per heavy atom. The van der Waals surface area contributed by atoms with Gasteiger partial charge in [-0.3, -0.25) is 14.4 Å². The molecule has 0 aliphatic carbocycles. The van der Waals surface area contributed by atoms with E-state index >= 15 is 0 Å². The van der Waals surface area contributed by atoms with Crippen LogP contribution >= 0.6 is 11.6 Å². The first-order chi connectivity index (χ1) is 14.8. The average Bonchev–Trinajstić information content (AvgIpc) is 2.76. The van der Waals surface area contributed by atoms with Gasteiger partial charge in [-0.1, -0.05) is 17.7 Å². The lowest BCUT2D eigenvalue weighted by atomic mass is 10.1. The van der Waals surface area contributed by atoms with E-state index in [-0.39, 0.29) is 5.56 Å². The van der Waals surface area contributed by atoms with Crippen molar-refractivity contribution in [2.75, 3.05) is 33.2 Å². The standard InChI is InChI=1S/C21H23ClN2O7/c1-12(20(26)24-15-7-5-6-14(22)10-15)31-18(25)11-23-21(27)13-8-16(28-2)19(30-4)17(9-13)29-3/h5-10,12H,11H2,1-4H3,(H,23,27)(H,24,26). The summed E-state index contributed by atoms with van der Waals surface area (Å²) in [7, 11) is 4.29. The lowest BCUT2D eigenvalue weighted by Gasteiger charge is -2.15. The van der Waals surface area contributed by atoms with Crippen molar-refractivity contribution in [1.82, 2.24) is 5.32 Å². The van der Waals surface area contributed by atoms with Crippen LogP contribution in [0.15, 0.2) is 36.4 Å². The topological polar surface area (TPSA) is 112 Å². The van der Waals surface area contributed by atoms with Gasteiger partial charge in [-0.15, -0.1) is 0 Å². The first-order valence-electron chi connectivity index (χ1n) is 9.13. The molecule has 2 N–H and O–H groups in total. The van der Waals surface area contributed by atoms with Crippen molar-refractivity contribution < 1.29 is 33.3 Å². The number of nitrogens with one attached hydrogen (secondary N) is 2. The Balaban J connectivity index is 1.93. The number of rotatable bonds is 9. The molecule has 0 bridgehead atoms. The highest BCUT2D eigenvalue weighted by Crippen LogP contribution is 2.38. The number of benzene rings is 2. The Morgan fingerprint density at radius 2 is 1.65 bits per heavy atom. The summed E-state index contributed by atoms with van der Waals surface area (Å²) in [4.78, 5) is 36.6. The minimum atomic E-state index is -1.08. The molecule has 2 aromatic carbocycles. The molecule has 166 valence electrons. The van der Waals surface area contributed by atoms with Crippen LogP contribution < -0.4 is 24.8 Å². The molecule has 0 fully saturated rings. The molecule has 0 aliphatic heterocycles. The molecule has 10 heteroatoms. The number of carbonyl (C=O) groups excluding carboxylic acids is 3. The van der Waals surface area contributed by atoms with E-state index in [0.717, 1.165) is 0 Å². The second kappa shape index (κ2) is 11.1. The maximum Gasteiger partial charge on any atom is 0.326 e. The molecule has 1 atom stereocenters. The van der Waals surface area contributed by atoms with E-state index in [1.54, 1.807) is 24.3 Å². The van der Waals surface area contributed by atoms with Gasteiger partial charge in [0.15, 0.2) is 17.6 Å². The van der Waals surface area contributed by atoms with Gasteiger partial charge in [-0.05, 0) is 37.3 Å². The molecule has 1 unspecified atom stereocenters. The number of esters is 1. The summed E-state index contributed by atoms with van der Waals surface area (Å²) in [5, 5.41) is 5.47. The largest absolute Gasteiger partial charge is 0.493 e. The third-order valence-corrected chi connectivity index (χ3v) is 4.32. The van der Waals surface area contributed by atoms with Gasteiger partial charge in [0, 0.05) is 16.3 Å². The number of methoxy groups -OCH3 is 3. The molecule has 31 heavy (non-hydrogen) atoms. The van der Waals surface area contributed by atoms with Crippen LogP contribution in [0.1, 0.15) is 17.3 Å². The van der Waals surface area contributed by atoms with Gasteiger partial charge in [-0.2, -0.15) is 0 Å². The minimum Gasteiger partial charge on any atom is -0.493 e. The number of hydrogen-bond donors (Lipinski definition) is 2. The first-order valence-corrected chi connectivity index (χ1v) is 9.51. The summed E-state index contributed by atoms with van der Waals surface area (Å²) >= 11 is 5.87. The summed E-state index contributed by atoms with van der Waals surface area (Å²) in [5.74, 6) is -0.962. The van der Waals surface area contributed by atoms with Crippen molar-refractivity contribution in [3.05, 3.63) is 47.0 Å². The van der Waals surface area contributed by atoms with Crippen molar-refractivity contribution in [2.24, 2.45) is 0 Å². The zero-order valence-corrected chi connectivity index (χ0v) is 18.2. The molecular formula is C21H23ClN2O7. The molecule has 0 radical (unpaired) electrons. The maximum absolute atomic E-state index is 12.4. The Kier molecular flexibility index (Phi) is 8.51. The fourth-order valence-electron chi connectivity index (χ4n) is 2.57. The number of anilines is 1. The van der Waals surface area contributed by atoms with Crippen molar-refractivity contribution in [2.45, 2.75) is 13.0 Å². The highest BCUT2D eigenvalue weighted by Gasteiger charge is 2.20. The van der Waals surface area contributed by atoms with E-state index in [4.69, 9.17) is 30.5 Å². The zero-order chi connectivity index (χ0) is 23.0. The second-order valence-corrected chi connectivity index (χ2v) is 6.66. The van der Waals surface area contributed by atoms with Gasteiger partial charge in [-0.25, -0.2) is 0 Å². The molecule has 0 spiro atoms.